The molecule has 0 aliphatic carbocycles. The second-order valence-corrected chi connectivity index (χ2v) is 9.01. The molecule has 0 saturated carbocycles. The first kappa shape index (κ1) is 17.6. The summed E-state index contributed by atoms with van der Waals surface area (Å²) in [5.74, 6) is -0.320. The fourth-order valence-electron chi connectivity index (χ4n) is 2.33. The third-order valence-corrected chi connectivity index (χ3v) is 4.85. The molecule has 9 heteroatoms. The van der Waals surface area contributed by atoms with Crippen LogP contribution in [0.4, 0.5) is 5.13 Å². The molecular weight excluding hydrogens is 336 g/mol. The molecule has 7 nitrogen and oxygen atoms in total. The second-order valence-electron chi connectivity index (χ2n) is 5.62. The molecule has 0 aromatic carbocycles. The summed E-state index contributed by atoms with van der Waals surface area (Å²) in [4.78, 5) is 31.7. The average molecular weight is 356 g/mol. The maximum atomic E-state index is 12.6. The number of hydrogen-bond donors (Lipinski definition) is 0. The van der Waals surface area contributed by atoms with Gasteiger partial charge in [-0.1, -0.05) is 6.58 Å². The molecule has 2 heterocycles. The van der Waals surface area contributed by atoms with E-state index in [0.717, 1.165) is 0 Å². The molecule has 1 fully saturated rings. The number of amides is 2. The third kappa shape index (κ3) is 4.38. The molecule has 0 bridgehead atoms. The molecule has 1 atom stereocenters. The smallest absolute Gasteiger partial charge is 0.273 e. The molecule has 2 rings (SSSR count). The minimum atomic E-state index is -2.30. The van der Waals surface area contributed by atoms with E-state index in [0.29, 0.717) is 30.5 Å². The lowest BCUT2D eigenvalue weighted by Gasteiger charge is -2.39. The van der Waals surface area contributed by atoms with Gasteiger partial charge in [0, 0.05) is 53.3 Å². The Bertz CT molecular complexity index is 741. The van der Waals surface area contributed by atoms with Gasteiger partial charge in [-0.25, -0.2) is 9.19 Å². The molecule has 0 unspecified atom stereocenters. The van der Waals surface area contributed by atoms with E-state index < -0.39 is 9.73 Å². The van der Waals surface area contributed by atoms with E-state index in [1.807, 2.05) is 6.92 Å². The van der Waals surface area contributed by atoms with Crippen LogP contribution in [-0.4, -0.2) is 69.0 Å². The largest absolute Gasteiger partial charge is 0.335 e. The summed E-state index contributed by atoms with van der Waals surface area (Å²) in [5, 5.41) is 1.97. The Morgan fingerprint density at radius 2 is 2.17 bits per heavy atom. The Hall–Kier alpha value is -1.74. The van der Waals surface area contributed by atoms with Crippen LogP contribution in [-0.2, 0) is 14.5 Å². The zero-order valence-electron chi connectivity index (χ0n) is 13.4. The van der Waals surface area contributed by atoms with Gasteiger partial charge in [-0.15, -0.1) is 11.3 Å². The van der Waals surface area contributed by atoms with Gasteiger partial charge >= 0.3 is 0 Å². The summed E-state index contributed by atoms with van der Waals surface area (Å²) >= 11 is 1.20. The maximum absolute atomic E-state index is 12.6. The van der Waals surface area contributed by atoms with Crippen molar-refractivity contribution in [3.05, 3.63) is 23.7 Å². The Labute approximate surface area is 140 Å². The highest BCUT2D eigenvalue weighted by Gasteiger charge is 2.30. The average Bonchev–Trinajstić information content (AvgIpc) is 2.91. The number of aromatic nitrogens is 1. The van der Waals surface area contributed by atoms with Gasteiger partial charge in [0.15, 0.2) is 0 Å². The number of piperazine rings is 1. The van der Waals surface area contributed by atoms with Crippen LogP contribution in [0.25, 0.3) is 0 Å². The van der Waals surface area contributed by atoms with Crippen molar-refractivity contribution in [3.8, 4) is 0 Å². The van der Waals surface area contributed by atoms with Crippen LogP contribution < -0.4 is 0 Å². The summed E-state index contributed by atoms with van der Waals surface area (Å²) in [7, 11) is -2.30. The van der Waals surface area contributed by atoms with Crippen molar-refractivity contribution < 1.29 is 13.8 Å². The lowest BCUT2D eigenvalue weighted by Crippen LogP contribution is -2.55. The van der Waals surface area contributed by atoms with Gasteiger partial charge in [0.2, 0.25) is 11.0 Å². The second kappa shape index (κ2) is 6.79. The highest BCUT2D eigenvalue weighted by molar-refractivity contribution is 7.92. The molecule has 0 radical (unpaired) electrons. The van der Waals surface area contributed by atoms with Crippen molar-refractivity contribution in [2.75, 3.05) is 32.1 Å². The Balaban J connectivity index is 2.11. The Morgan fingerprint density at radius 1 is 1.48 bits per heavy atom. The first-order valence-electron chi connectivity index (χ1n) is 7.06. The van der Waals surface area contributed by atoms with Crippen LogP contribution in [0.15, 0.2) is 22.4 Å². The number of rotatable bonds is 3. The molecule has 2 amide bonds. The molecule has 0 spiro atoms. The fraction of sp³-hybridized carbons (Fsp3) is 0.500. The van der Waals surface area contributed by atoms with E-state index >= 15 is 0 Å². The highest BCUT2D eigenvalue weighted by Crippen LogP contribution is 2.22. The number of hydrogen-bond acceptors (Lipinski definition) is 6. The van der Waals surface area contributed by atoms with Crippen molar-refractivity contribution in [2.45, 2.75) is 13.0 Å². The first-order chi connectivity index (χ1) is 10.7. The van der Waals surface area contributed by atoms with Gasteiger partial charge < -0.3 is 9.80 Å². The van der Waals surface area contributed by atoms with Crippen LogP contribution in [0, 0.1) is 0 Å². The standard InChI is InChI=1S/C14H20N4O3S2/c1-5-12(19)17-6-7-18(10(2)8-17)13(20)11-9-22-14(15-11)16-23(3,4)21/h5,9-10H,1,6-8H2,2-4H3/t10-/m0/s1. The number of carbonyl (C=O) groups is 2. The monoisotopic (exact) mass is 356 g/mol. The summed E-state index contributed by atoms with van der Waals surface area (Å²) in [6, 6.07) is -0.108. The van der Waals surface area contributed by atoms with Crippen LogP contribution in [0.3, 0.4) is 0 Å². The Kier molecular flexibility index (Phi) is 5.20. The maximum Gasteiger partial charge on any atom is 0.273 e. The van der Waals surface area contributed by atoms with E-state index in [-0.39, 0.29) is 17.9 Å². The molecule has 23 heavy (non-hydrogen) atoms. The van der Waals surface area contributed by atoms with E-state index in [2.05, 4.69) is 15.9 Å². The Morgan fingerprint density at radius 3 is 2.74 bits per heavy atom. The predicted octanol–water partition coefficient (Wildman–Crippen LogP) is 1.36. The van der Waals surface area contributed by atoms with E-state index in [1.165, 1.54) is 29.9 Å². The number of thiazole rings is 1. The predicted molar refractivity (Wildman–Crippen MR) is 91.5 cm³/mol. The zero-order chi connectivity index (χ0) is 17.2. The van der Waals surface area contributed by atoms with Crippen molar-refractivity contribution in [1.82, 2.24) is 14.8 Å². The van der Waals surface area contributed by atoms with E-state index in [4.69, 9.17) is 0 Å². The molecule has 0 N–H and O–H groups in total. The van der Waals surface area contributed by atoms with Crippen LogP contribution >= 0.6 is 11.3 Å². The summed E-state index contributed by atoms with van der Waals surface area (Å²) < 4.78 is 15.7. The normalized spacial score (nSPS) is 18.7. The summed E-state index contributed by atoms with van der Waals surface area (Å²) in [6.45, 7) is 6.76. The molecule has 1 aromatic rings. The topological polar surface area (TPSA) is 82.9 Å². The highest BCUT2D eigenvalue weighted by atomic mass is 32.2. The molecule has 126 valence electrons. The number of carbonyl (C=O) groups excluding carboxylic acids is 2. The van der Waals surface area contributed by atoms with Gasteiger partial charge in [-0.3, -0.25) is 9.59 Å². The van der Waals surface area contributed by atoms with Crippen LogP contribution in [0.2, 0.25) is 0 Å². The van der Waals surface area contributed by atoms with Gasteiger partial charge in [-0.05, 0) is 13.0 Å². The van der Waals surface area contributed by atoms with Crippen LogP contribution in [0.5, 0.6) is 0 Å². The minimum Gasteiger partial charge on any atom is -0.335 e. The van der Waals surface area contributed by atoms with Gasteiger partial charge in [0.1, 0.15) is 5.69 Å². The van der Waals surface area contributed by atoms with Crippen molar-refractivity contribution >= 4 is 38.0 Å². The van der Waals surface area contributed by atoms with Gasteiger partial charge in [0.25, 0.3) is 5.91 Å². The van der Waals surface area contributed by atoms with Crippen molar-refractivity contribution in [1.29, 1.82) is 0 Å². The molecule has 1 aliphatic rings. The SMILES string of the molecule is C=CC(=O)N1CCN(C(=O)c2csc(N=S(C)(C)=O)n2)[C@@H](C)C1. The molecule has 1 saturated heterocycles. The van der Waals surface area contributed by atoms with E-state index in [9.17, 15) is 13.8 Å². The fourth-order valence-corrected chi connectivity index (χ4v) is 3.98. The third-order valence-electron chi connectivity index (χ3n) is 3.38. The van der Waals surface area contributed by atoms with Crippen molar-refractivity contribution in [3.63, 3.8) is 0 Å². The number of nitrogens with zero attached hydrogens (tertiary/aromatic N) is 4. The lowest BCUT2D eigenvalue weighted by atomic mass is 10.1. The van der Waals surface area contributed by atoms with Crippen LogP contribution in [0.1, 0.15) is 17.4 Å². The van der Waals surface area contributed by atoms with E-state index in [1.54, 1.807) is 15.2 Å². The lowest BCUT2D eigenvalue weighted by molar-refractivity contribution is -0.128. The first-order valence-corrected chi connectivity index (χ1v) is 10.3. The molecular formula is C14H20N4O3S2. The molecule has 1 aromatic heterocycles. The minimum absolute atomic E-state index is 0.108. The zero-order valence-corrected chi connectivity index (χ0v) is 15.0. The summed E-state index contributed by atoms with van der Waals surface area (Å²) in [6.07, 6.45) is 4.33. The quantitative estimate of drug-likeness (QED) is 0.766. The van der Waals surface area contributed by atoms with Gasteiger partial charge in [-0.2, -0.15) is 4.36 Å². The molecule has 1 aliphatic heterocycles. The van der Waals surface area contributed by atoms with Gasteiger partial charge in [0.05, 0.1) is 0 Å². The summed E-state index contributed by atoms with van der Waals surface area (Å²) in [5.41, 5.74) is 0.299. The van der Waals surface area contributed by atoms with Crippen molar-refractivity contribution in [2.24, 2.45) is 4.36 Å².